The Morgan fingerprint density at radius 1 is 1.42 bits per heavy atom. The predicted molar refractivity (Wildman–Crippen MR) is 46.1 cm³/mol. The molecule has 0 aliphatic heterocycles. The van der Waals surface area contributed by atoms with E-state index < -0.39 is 0 Å². The molecule has 1 aliphatic rings. The van der Waals surface area contributed by atoms with E-state index in [0.717, 1.165) is 37.2 Å². The summed E-state index contributed by atoms with van der Waals surface area (Å²) in [5.41, 5.74) is 1.30. The van der Waals surface area contributed by atoms with Gasteiger partial charge in [0.2, 0.25) is 0 Å². The van der Waals surface area contributed by atoms with E-state index in [4.69, 9.17) is 4.42 Å². The van der Waals surface area contributed by atoms with Crippen molar-refractivity contribution >= 4 is 0 Å². The van der Waals surface area contributed by atoms with E-state index in [1.807, 2.05) is 6.92 Å². The number of hydrogen-bond acceptors (Lipinski definition) is 2. The summed E-state index contributed by atoms with van der Waals surface area (Å²) in [5.74, 6) is 2.08. The van der Waals surface area contributed by atoms with Gasteiger partial charge in [0.1, 0.15) is 11.5 Å². The van der Waals surface area contributed by atoms with Crippen LogP contribution in [-0.4, -0.2) is 11.2 Å². The largest absolute Gasteiger partial charge is 0.466 e. The van der Waals surface area contributed by atoms with Gasteiger partial charge in [-0.05, 0) is 37.8 Å². The quantitative estimate of drug-likeness (QED) is 0.596. The summed E-state index contributed by atoms with van der Waals surface area (Å²) in [6.07, 6.45) is 3.46. The maximum absolute atomic E-state index is 9.41. The van der Waals surface area contributed by atoms with Crippen molar-refractivity contribution in [3.05, 3.63) is 23.2 Å². The molecule has 0 fully saturated rings. The summed E-state index contributed by atoms with van der Waals surface area (Å²) in [7, 11) is 0. The topological polar surface area (TPSA) is 33.4 Å². The number of aliphatic hydroxyl groups is 1. The SMILES string of the molecule is Cc1cc2c(o1)CCC(O)CC2. The number of rotatable bonds is 0. The Morgan fingerprint density at radius 3 is 3.00 bits per heavy atom. The Kier molecular flexibility index (Phi) is 1.93. The molecule has 0 radical (unpaired) electrons. The zero-order valence-electron chi connectivity index (χ0n) is 7.34. The molecule has 2 rings (SSSR count). The van der Waals surface area contributed by atoms with Crippen molar-refractivity contribution in [1.82, 2.24) is 0 Å². The monoisotopic (exact) mass is 166 g/mol. The lowest BCUT2D eigenvalue weighted by Crippen LogP contribution is -2.05. The highest BCUT2D eigenvalue weighted by Gasteiger charge is 2.16. The van der Waals surface area contributed by atoms with Crippen LogP contribution < -0.4 is 0 Å². The van der Waals surface area contributed by atoms with Gasteiger partial charge in [0.25, 0.3) is 0 Å². The highest BCUT2D eigenvalue weighted by molar-refractivity contribution is 5.22. The van der Waals surface area contributed by atoms with Crippen molar-refractivity contribution in [1.29, 1.82) is 0 Å². The van der Waals surface area contributed by atoms with E-state index in [2.05, 4.69) is 6.07 Å². The van der Waals surface area contributed by atoms with E-state index in [1.165, 1.54) is 5.56 Å². The van der Waals surface area contributed by atoms with Gasteiger partial charge in [0, 0.05) is 6.42 Å². The minimum atomic E-state index is -0.132. The zero-order chi connectivity index (χ0) is 8.55. The van der Waals surface area contributed by atoms with Crippen LogP contribution in [0.5, 0.6) is 0 Å². The van der Waals surface area contributed by atoms with Gasteiger partial charge < -0.3 is 9.52 Å². The highest BCUT2D eigenvalue weighted by Crippen LogP contribution is 2.23. The fourth-order valence-corrected chi connectivity index (χ4v) is 1.80. The average molecular weight is 166 g/mol. The molecule has 0 aromatic carbocycles. The molecule has 1 aromatic heterocycles. The first-order valence-electron chi connectivity index (χ1n) is 4.52. The molecule has 0 saturated heterocycles. The summed E-state index contributed by atoms with van der Waals surface area (Å²) in [4.78, 5) is 0. The molecule has 0 amide bonds. The van der Waals surface area contributed by atoms with Gasteiger partial charge in [-0.1, -0.05) is 0 Å². The molecular weight excluding hydrogens is 152 g/mol. The van der Waals surface area contributed by atoms with Crippen LogP contribution in [0.3, 0.4) is 0 Å². The Hall–Kier alpha value is -0.760. The van der Waals surface area contributed by atoms with Gasteiger partial charge in [-0.3, -0.25) is 0 Å². The van der Waals surface area contributed by atoms with Gasteiger partial charge in [0.05, 0.1) is 6.10 Å². The third kappa shape index (κ3) is 1.39. The average Bonchev–Trinajstić information content (AvgIpc) is 2.31. The molecule has 1 atom stereocenters. The van der Waals surface area contributed by atoms with Crippen LogP contribution in [0.15, 0.2) is 10.5 Å². The predicted octanol–water partition coefficient (Wildman–Crippen LogP) is 1.83. The van der Waals surface area contributed by atoms with Crippen LogP contribution in [0.2, 0.25) is 0 Å². The van der Waals surface area contributed by atoms with Gasteiger partial charge in [-0.25, -0.2) is 0 Å². The molecule has 0 bridgehead atoms. The number of aliphatic hydroxyl groups excluding tert-OH is 1. The zero-order valence-corrected chi connectivity index (χ0v) is 7.34. The minimum Gasteiger partial charge on any atom is -0.466 e. The Morgan fingerprint density at radius 2 is 2.17 bits per heavy atom. The van der Waals surface area contributed by atoms with Crippen LogP contribution in [0.1, 0.15) is 29.9 Å². The van der Waals surface area contributed by atoms with Gasteiger partial charge in [0.15, 0.2) is 0 Å². The molecule has 1 aromatic rings. The lowest BCUT2D eigenvalue weighted by Gasteiger charge is -2.02. The molecule has 12 heavy (non-hydrogen) atoms. The molecule has 66 valence electrons. The van der Waals surface area contributed by atoms with Crippen molar-refractivity contribution < 1.29 is 9.52 Å². The summed E-state index contributed by atoms with van der Waals surface area (Å²) in [6.45, 7) is 1.98. The lowest BCUT2D eigenvalue weighted by molar-refractivity contribution is 0.157. The molecule has 1 aliphatic carbocycles. The van der Waals surface area contributed by atoms with E-state index in [0.29, 0.717) is 0 Å². The first-order valence-corrected chi connectivity index (χ1v) is 4.52. The summed E-state index contributed by atoms with van der Waals surface area (Å²) in [6, 6.07) is 2.09. The molecule has 1 N–H and O–H groups in total. The van der Waals surface area contributed by atoms with E-state index in [-0.39, 0.29) is 6.10 Å². The second kappa shape index (κ2) is 2.94. The van der Waals surface area contributed by atoms with Crippen molar-refractivity contribution in [2.75, 3.05) is 0 Å². The van der Waals surface area contributed by atoms with Crippen molar-refractivity contribution in [3.63, 3.8) is 0 Å². The molecule has 0 spiro atoms. The highest BCUT2D eigenvalue weighted by atomic mass is 16.3. The van der Waals surface area contributed by atoms with Crippen molar-refractivity contribution in [2.24, 2.45) is 0 Å². The molecule has 2 nitrogen and oxygen atoms in total. The first kappa shape index (κ1) is 7.87. The van der Waals surface area contributed by atoms with Gasteiger partial charge in [-0.2, -0.15) is 0 Å². The lowest BCUT2D eigenvalue weighted by atomic mass is 10.1. The molecule has 2 heteroatoms. The molecule has 1 unspecified atom stereocenters. The first-order chi connectivity index (χ1) is 5.75. The maximum Gasteiger partial charge on any atom is 0.107 e. The number of furan rings is 1. The molecular formula is C10H14O2. The maximum atomic E-state index is 9.41. The van der Waals surface area contributed by atoms with Crippen LogP contribution in [0, 0.1) is 6.92 Å². The summed E-state index contributed by atoms with van der Waals surface area (Å²) < 4.78 is 5.52. The van der Waals surface area contributed by atoms with Gasteiger partial charge >= 0.3 is 0 Å². The fourth-order valence-electron chi connectivity index (χ4n) is 1.80. The molecule has 0 saturated carbocycles. The third-order valence-electron chi connectivity index (χ3n) is 2.47. The van der Waals surface area contributed by atoms with Gasteiger partial charge in [-0.15, -0.1) is 0 Å². The van der Waals surface area contributed by atoms with Crippen LogP contribution >= 0.6 is 0 Å². The van der Waals surface area contributed by atoms with Crippen molar-refractivity contribution in [2.45, 2.75) is 38.7 Å². The van der Waals surface area contributed by atoms with Crippen molar-refractivity contribution in [3.8, 4) is 0 Å². The second-order valence-electron chi connectivity index (χ2n) is 3.54. The van der Waals surface area contributed by atoms with E-state index >= 15 is 0 Å². The Balaban J connectivity index is 2.24. The summed E-state index contributed by atoms with van der Waals surface area (Å²) in [5, 5.41) is 9.41. The second-order valence-corrected chi connectivity index (χ2v) is 3.54. The van der Waals surface area contributed by atoms with E-state index in [1.54, 1.807) is 0 Å². The van der Waals surface area contributed by atoms with Crippen LogP contribution in [0.4, 0.5) is 0 Å². The molecule has 1 heterocycles. The minimum absolute atomic E-state index is 0.132. The standard InChI is InChI=1S/C10H14O2/c1-7-6-8-2-3-9(11)4-5-10(8)12-7/h6,9,11H,2-5H2,1H3. The normalized spacial score (nSPS) is 23.3. The number of aryl methyl sites for hydroxylation is 3. The summed E-state index contributed by atoms with van der Waals surface area (Å²) >= 11 is 0. The third-order valence-corrected chi connectivity index (χ3v) is 2.47. The Labute approximate surface area is 72.2 Å². The van der Waals surface area contributed by atoms with Crippen LogP contribution in [0.25, 0.3) is 0 Å². The smallest absolute Gasteiger partial charge is 0.107 e. The van der Waals surface area contributed by atoms with E-state index in [9.17, 15) is 5.11 Å². The number of hydrogen-bond donors (Lipinski definition) is 1. The fraction of sp³-hybridized carbons (Fsp3) is 0.600. The Bertz CT molecular complexity index is 250. The van der Waals surface area contributed by atoms with Crippen LogP contribution in [-0.2, 0) is 12.8 Å². The number of fused-ring (bicyclic) bond motifs is 1.